The lowest BCUT2D eigenvalue weighted by atomic mass is 10.1. The number of benzene rings is 1. The molecule has 8 nitrogen and oxygen atoms in total. The van der Waals surface area contributed by atoms with E-state index < -0.39 is 16.7 Å². The van der Waals surface area contributed by atoms with E-state index >= 15 is 0 Å². The molecule has 0 unspecified atom stereocenters. The summed E-state index contributed by atoms with van der Waals surface area (Å²) in [5, 5.41) is 10.8. The standard InChI is InChI=1S/C21H15F3N4O4/c22-21(23,24)16-6-8-17(25-9-16)7-5-14-1-3-15(4-2-14)12-31-18-10-27-11-19(28(29)30)26-20(27)32-13-18/h1-4,6,8-9,11,18H,10,12-13H2/t18-/m0/s1. The van der Waals surface area contributed by atoms with Gasteiger partial charge in [-0.3, -0.25) is 4.57 Å². The fourth-order valence-electron chi connectivity index (χ4n) is 2.93. The maximum absolute atomic E-state index is 12.6. The Kier molecular flexibility index (Phi) is 5.79. The zero-order chi connectivity index (χ0) is 22.7. The molecule has 3 heterocycles. The first-order chi connectivity index (χ1) is 15.3. The topological polar surface area (TPSA) is 92.3 Å². The number of aromatic nitrogens is 3. The minimum absolute atomic E-state index is 0.196. The van der Waals surface area contributed by atoms with Crippen molar-refractivity contribution >= 4 is 5.82 Å². The van der Waals surface area contributed by atoms with Crippen LogP contribution in [0.25, 0.3) is 0 Å². The number of alkyl halides is 3. The van der Waals surface area contributed by atoms with Crippen LogP contribution in [0, 0.1) is 22.0 Å². The van der Waals surface area contributed by atoms with Crippen molar-refractivity contribution in [3.8, 4) is 17.9 Å². The second kappa shape index (κ2) is 8.68. The number of hydrogen-bond donors (Lipinski definition) is 0. The molecule has 1 aromatic carbocycles. The SMILES string of the molecule is O=[N+]([O-])c1cn2c(n1)OC[C@@H](OCc1ccc(C#Cc3ccc(C(F)(F)F)cn3)cc1)C2. The van der Waals surface area contributed by atoms with Gasteiger partial charge in [-0.2, -0.15) is 13.2 Å². The first-order valence-corrected chi connectivity index (χ1v) is 9.38. The van der Waals surface area contributed by atoms with E-state index in [4.69, 9.17) is 9.47 Å². The Balaban J connectivity index is 1.32. The normalized spacial score (nSPS) is 15.3. The number of imidazole rings is 1. The summed E-state index contributed by atoms with van der Waals surface area (Å²) >= 11 is 0. The van der Waals surface area contributed by atoms with Crippen LogP contribution in [0.2, 0.25) is 0 Å². The molecule has 3 aromatic rings. The second-order valence-corrected chi connectivity index (χ2v) is 6.91. The van der Waals surface area contributed by atoms with E-state index in [9.17, 15) is 23.3 Å². The number of hydrogen-bond acceptors (Lipinski definition) is 6. The first-order valence-electron chi connectivity index (χ1n) is 9.38. The molecule has 0 spiro atoms. The number of nitrogens with zero attached hydrogens (tertiary/aromatic N) is 4. The van der Waals surface area contributed by atoms with Crippen LogP contribution in [-0.4, -0.2) is 32.2 Å². The third-order valence-corrected chi connectivity index (χ3v) is 4.58. The van der Waals surface area contributed by atoms with Gasteiger partial charge in [0.15, 0.2) is 0 Å². The van der Waals surface area contributed by atoms with E-state index in [1.807, 2.05) is 12.1 Å². The first kappa shape index (κ1) is 21.3. The molecule has 11 heteroatoms. The summed E-state index contributed by atoms with van der Waals surface area (Å²) in [6.07, 6.45) is -2.66. The number of nitro groups is 1. The highest BCUT2D eigenvalue weighted by Gasteiger charge is 2.30. The fraction of sp³-hybridized carbons (Fsp3) is 0.238. The molecular formula is C21H15F3N4O4. The quantitative estimate of drug-likeness (QED) is 0.347. The molecule has 1 aliphatic rings. The van der Waals surface area contributed by atoms with Crippen molar-refractivity contribution in [2.24, 2.45) is 0 Å². The maximum Gasteiger partial charge on any atom is 0.417 e. The Hall–Kier alpha value is -3.91. The summed E-state index contributed by atoms with van der Waals surface area (Å²) in [5.74, 6) is 5.31. The number of fused-ring (bicyclic) bond motifs is 1. The minimum Gasteiger partial charge on any atom is -0.443 e. The zero-order valence-corrected chi connectivity index (χ0v) is 16.4. The van der Waals surface area contributed by atoms with Gasteiger partial charge in [0, 0.05) is 16.7 Å². The monoisotopic (exact) mass is 444 g/mol. The largest absolute Gasteiger partial charge is 0.443 e. The van der Waals surface area contributed by atoms with Crippen molar-refractivity contribution in [1.82, 2.24) is 14.5 Å². The molecule has 0 radical (unpaired) electrons. The van der Waals surface area contributed by atoms with Gasteiger partial charge in [0.25, 0.3) is 0 Å². The predicted octanol–water partition coefficient (Wildman–Crippen LogP) is 3.58. The Morgan fingerprint density at radius 1 is 1.22 bits per heavy atom. The molecule has 2 aromatic heterocycles. The summed E-state index contributed by atoms with van der Waals surface area (Å²) in [4.78, 5) is 17.7. The molecule has 4 rings (SSSR count). The smallest absolute Gasteiger partial charge is 0.417 e. The molecule has 0 fully saturated rings. The number of ether oxygens (including phenoxy) is 2. The van der Waals surface area contributed by atoms with Crippen LogP contribution in [0.4, 0.5) is 19.0 Å². The van der Waals surface area contributed by atoms with Crippen molar-refractivity contribution in [1.29, 1.82) is 0 Å². The molecule has 0 bridgehead atoms. The summed E-state index contributed by atoms with van der Waals surface area (Å²) in [7, 11) is 0. The van der Waals surface area contributed by atoms with Gasteiger partial charge in [0.2, 0.25) is 0 Å². The molecule has 164 valence electrons. The Labute approximate surface area is 179 Å². The van der Waals surface area contributed by atoms with Crippen LogP contribution in [0.5, 0.6) is 6.01 Å². The summed E-state index contributed by atoms with van der Waals surface area (Å²) in [6, 6.07) is 9.54. The van der Waals surface area contributed by atoms with Crippen LogP contribution in [0.3, 0.4) is 0 Å². The van der Waals surface area contributed by atoms with Crippen molar-refractivity contribution in [3.05, 3.63) is 81.3 Å². The van der Waals surface area contributed by atoms with Crippen molar-refractivity contribution < 1.29 is 27.6 Å². The van der Waals surface area contributed by atoms with E-state index in [0.717, 1.165) is 17.8 Å². The lowest BCUT2D eigenvalue weighted by molar-refractivity contribution is -0.389. The molecule has 0 N–H and O–H groups in total. The van der Waals surface area contributed by atoms with Crippen LogP contribution in [0.15, 0.2) is 48.8 Å². The van der Waals surface area contributed by atoms with Gasteiger partial charge in [-0.25, -0.2) is 4.98 Å². The zero-order valence-electron chi connectivity index (χ0n) is 16.4. The number of rotatable bonds is 4. The fourth-order valence-corrected chi connectivity index (χ4v) is 2.93. The third kappa shape index (κ3) is 5.04. The van der Waals surface area contributed by atoms with E-state index in [2.05, 4.69) is 21.8 Å². The highest BCUT2D eigenvalue weighted by molar-refractivity contribution is 5.41. The van der Waals surface area contributed by atoms with Crippen LogP contribution >= 0.6 is 0 Å². The summed E-state index contributed by atoms with van der Waals surface area (Å²) in [5.41, 5.74) is 0.970. The highest BCUT2D eigenvalue weighted by Crippen LogP contribution is 2.28. The van der Waals surface area contributed by atoms with Gasteiger partial charge in [-0.05, 0) is 40.7 Å². The molecule has 1 atom stereocenters. The van der Waals surface area contributed by atoms with Gasteiger partial charge in [-0.15, -0.1) is 0 Å². The van der Waals surface area contributed by atoms with E-state index in [1.165, 1.54) is 12.3 Å². The molecule has 0 amide bonds. The van der Waals surface area contributed by atoms with Crippen LogP contribution in [-0.2, 0) is 24.1 Å². The van der Waals surface area contributed by atoms with Crippen molar-refractivity contribution in [2.75, 3.05) is 6.61 Å². The highest BCUT2D eigenvalue weighted by atomic mass is 19.4. The Morgan fingerprint density at radius 3 is 2.66 bits per heavy atom. The summed E-state index contributed by atoms with van der Waals surface area (Å²) < 4.78 is 50.5. The third-order valence-electron chi connectivity index (χ3n) is 4.58. The van der Waals surface area contributed by atoms with E-state index in [-0.39, 0.29) is 30.2 Å². The Morgan fingerprint density at radius 2 is 2.00 bits per heavy atom. The van der Waals surface area contributed by atoms with Crippen LogP contribution in [0.1, 0.15) is 22.4 Å². The average molecular weight is 444 g/mol. The Bertz CT molecular complexity index is 1180. The predicted molar refractivity (Wildman–Crippen MR) is 105 cm³/mol. The number of pyridine rings is 1. The lowest BCUT2D eigenvalue weighted by Crippen LogP contribution is -2.32. The van der Waals surface area contributed by atoms with Gasteiger partial charge in [-0.1, -0.05) is 18.1 Å². The van der Waals surface area contributed by atoms with E-state index in [1.54, 1.807) is 16.7 Å². The van der Waals surface area contributed by atoms with Gasteiger partial charge in [0.05, 0.1) is 18.7 Å². The molecular weight excluding hydrogens is 429 g/mol. The number of halogens is 3. The molecule has 1 aliphatic heterocycles. The van der Waals surface area contributed by atoms with Gasteiger partial charge >= 0.3 is 18.0 Å². The average Bonchev–Trinajstić information content (AvgIpc) is 3.20. The molecule has 0 saturated carbocycles. The molecule has 32 heavy (non-hydrogen) atoms. The van der Waals surface area contributed by atoms with E-state index in [0.29, 0.717) is 18.7 Å². The van der Waals surface area contributed by atoms with Crippen LogP contribution < -0.4 is 4.74 Å². The lowest BCUT2D eigenvalue weighted by Gasteiger charge is -2.22. The van der Waals surface area contributed by atoms with Gasteiger partial charge in [0.1, 0.15) is 24.6 Å². The summed E-state index contributed by atoms with van der Waals surface area (Å²) in [6.45, 7) is 0.923. The van der Waals surface area contributed by atoms with Gasteiger partial charge < -0.3 is 19.6 Å². The van der Waals surface area contributed by atoms with Crippen molar-refractivity contribution in [3.63, 3.8) is 0 Å². The van der Waals surface area contributed by atoms with Crippen molar-refractivity contribution in [2.45, 2.75) is 25.4 Å². The second-order valence-electron chi connectivity index (χ2n) is 6.91. The maximum atomic E-state index is 12.6. The molecule has 0 aliphatic carbocycles. The minimum atomic E-state index is -4.43. The molecule has 0 saturated heterocycles.